The van der Waals surface area contributed by atoms with E-state index in [0.29, 0.717) is 0 Å². The quantitative estimate of drug-likeness (QED) is 0.437. The zero-order valence-corrected chi connectivity index (χ0v) is 14.7. The van der Waals surface area contributed by atoms with E-state index < -0.39 is 17.6 Å². The molecule has 0 aliphatic carbocycles. The molecule has 0 bridgehead atoms. The van der Waals surface area contributed by atoms with Gasteiger partial charge in [0.2, 0.25) is 0 Å². The van der Waals surface area contributed by atoms with Crippen LogP contribution >= 0.6 is 0 Å². The Kier molecular flexibility index (Phi) is 5.66. The Morgan fingerprint density at radius 1 is 1.15 bits per heavy atom. The zero-order chi connectivity index (χ0) is 19.3. The van der Waals surface area contributed by atoms with E-state index in [9.17, 15) is 9.90 Å². The number of amides is 1. The first-order chi connectivity index (χ1) is 13.0. The Morgan fingerprint density at radius 2 is 1.81 bits per heavy atom. The normalized spacial score (nSPS) is 14.3. The van der Waals surface area contributed by atoms with Crippen LogP contribution < -0.4 is 5.48 Å². The molecule has 1 heterocycles. The number of hydrogen-bond acceptors (Lipinski definition) is 6. The number of benzene rings is 2. The minimum Gasteiger partial charge on any atom is -0.383 e. The van der Waals surface area contributed by atoms with Gasteiger partial charge in [-0.3, -0.25) is 10.0 Å². The zero-order valence-electron chi connectivity index (χ0n) is 14.7. The van der Waals surface area contributed by atoms with Crippen molar-refractivity contribution in [2.24, 2.45) is 0 Å². The number of ether oxygens (including phenoxy) is 1. The summed E-state index contributed by atoms with van der Waals surface area (Å²) in [6, 6.07) is 19.0. The van der Waals surface area contributed by atoms with Crippen LogP contribution in [0.25, 0.3) is 11.1 Å². The van der Waals surface area contributed by atoms with Crippen molar-refractivity contribution in [3.63, 3.8) is 0 Å². The molecule has 140 valence electrons. The van der Waals surface area contributed by atoms with Crippen molar-refractivity contribution in [1.82, 2.24) is 10.6 Å². The second kappa shape index (κ2) is 8.13. The van der Waals surface area contributed by atoms with Gasteiger partial charge < -0.3 is 14.4 Å². The van der Waals surface area contributed by atoms with Gasteiger partial charge in [-0.25, -0.2) is 5.48 Å². The summed E-state index contributed by atoms with van der Waals surface area (Å²) in [5.41, 5.74) is 2.85. The highest BCUT2D eigenvalue weighted by molar-refractivity contribution is 5.84. The molecule has 7 heteroatoms. The second-order valence-corrected chi connectivity index (χ2v) is 6.23. The fourth-order valence-electron chi connectivity index (χ4n) is 2.68. The van der Waals surface area contributed by atoms with Gasteiger partial charge in [-0.1, -0.05) is 59.8 Å². The third-order valence-corrected chi connectivity index (χ3v) is 4.41. The predicted octanol–water partition coefficient (Wildman–Crippen LogP) is 2.86. The minimum atomic E-state index is -1.76. The Hall–Kier alpha value is -3.00. The maximum Gasteiger partial charge on any atom is 0.278 e. The van der Waals surface area contributed by atoms with Crippen LogP contribution in [-0.4, -0.2) is 27.0 Å². The van der Waals surface area contributed by atoms with E-state index >= 15 is 0 Å². The van der Waals surface area contributed by atoms with Gasteiger partial charge in [-0.15, -0.1) is 0 Å². The number of nitrogens with zero attached hydrogens (tertiary/aromatic N) is 1. The first-order valence-corrected chi connectivity index (χ1v) is 8.36. The molecule has 7 nitrogen and oxygen atoms in total. The van der Waals surface area contributed by atoms with Crippen molar-refractivity contribution in [2.45, 2.75) is 25.2 Å². The summed E-state index contributed by atoms with van der Waals surface area (Å²) in [5, 5.41) is 23.2. The summed E-state index contributed by atoms with van der Waals surface area (Å²) in [5.74, 6) is -0.890. The molecule has 0 saturated carbocycles. The molecule has 3 N–H and O–H groups in total. The predicted molar refractivity (Wildman–Crippen MR) is 96.5 cm³/mol. The molecule has 2 atom stereocenters. The molecule has 0 fully saturated rings. The number of hydroxylamine groups is 1. The van der Waals surface area contributed by atoms with Crippen LogP contribution in [0.3, 0.4) is 0 Å². The van der Waals surface area contributed by atoms with Gasteiger partial charge in [-0.2, -0.15) is 0 Å². The standard InChI is InChI=1S/C20H20N2O5/c1-20(19(24)21-25,18(23)17-11-12-27-22-17)26-13-14-7-9-16(10-8-14)15-5-3-2-4-6-15/h2-12,18,23,25H,13H2,1H3,(H,21,24)/t18-,20-/m0/s1. The minimum absolute atomic E-state index is 0.0495. The molecule has 2 aromatic carbocycles. The molecule has 0 radical (unpaired) electrons. The SMILES string of the molecule is C[C@@](OCc1ccc(-c2ccccc2)cc1)(C(=O)NO)[C@@H](O)c1ccon1. The van der Waals surface area contributed by atoms with Gasteiger partial charge in [0.15, 0.2) is 5.60 Å². The lowest BCUT2D eigenvalue weighted by Crippen LogP contribution is -2.50. The summed E-state index contributed by atoms with van der Waals surface area (Å²) in [6.45, 7) is 1.42. The summed E-state index contributed by atoms with van der Waals surface area (Å²) in [7, 11) is 0. The average Bonchev–Trinajstić information content (AvgIpc) is 3.26. The number of aliphatic hydroxyl groups excluding tert-OH is 1. The van der Waals surface area contributed by atoms with E-state index in [1.807, 2.05) is 54.6 Å². The number of aromatic nitrogens is 1. The first kappa shape index (κ1) is 18.8. The molecule has 0 spiro atoms. The van der Waals surface area contributed by atoms with E-state index in [0.717, 1.165) is 16.7 Å². The van der Waals surface area contributed by atoms with E-state index in [-0.39, 0.29) is 12.3 Å². The third-order valence-electron chi connectivity index (χ3n) is 4.41. The van der Waals surface area contributed by atoms with Gasteiger partial charge in [0.05, 0.1) is 6.61 Å². The Bertz CT molecular complexity index is 865. The summed E-state index contributed by atoms with van der Waals surface area (Å²) in [4.78, 5) is 12.1. The highest BCUT2D eigenvalue weighted by Gasteiger charge is 2.44. The Balaban J connectivity index is 1.75. The molecule has 3 rings (SSSR count). The summed E-state index contributed by atoms with van der Waals surface area (Å²) >= 11 is 0. The van der Waals surface area contributed by atoms with E-state index in [1.165, 1.54) is 24.7 Å². The molecule has 0 saturated heterocycles. The molecule has 0 unspecified atom stereocenters. The maximum atomic E-state index is 12.1. The van der Waals surface area contributed by atoms with Gasteiger partial charge in [0.25, 0.3) is 5.91 Å². The van der Waals surface area contributed by atoms with Crippen molar-refractivity contribution in [3.8, 4) is 11.1 Å². The molecule has 3 aromatic rings. The summed E-state index contributed by atoms with van der Waals surface area (Å²) in [6.07, 6.45) is -0.148. The lowest BCUT2D eigenvalue weighted by molar-refractivity contribution is -0.174. The van der Waals surface area contributed by atoms with Crippen LogP contribution in [0.15, 0.2) is 71.4 Å². The lowest BCUT2D eigenvalue weighted by atomic mass is 9.95. The smallest absolute Gasteiger partial charge is 0.278 e. The number of carbonyl (C=O) groups is 1. The van der Waals surface area contributed by atoms with Crippen LogP contribution in [0.4, 0.5) is 0 Å². The van der Waals surface area contributed by atoms with Gasteiger partial charge in [0, 0.05) is 6.07 Å². The van der Waals surface area contributed by atoms with Crippen molar-refractivity contribution >= 4 is 5.91 Å². The number of nitrogens with one attached hydrogen (secondary N) is 1. The van der Waals surface area contributed by atoms with Crippen LogP contribution in [0, 0.1) is 0 Å². The van der Waals surface area contributed by atoms with Crippen molar-refractivity contribution in [2.75, 3.05) is 0 Å². The van der Waals surface area contributed by atoms with Crippen molar-refractivity contribution in [3.05, 3.63) is 78.2 Å². The topological polar surface area (TPSA) is 105 Å². The van der Waals surface area contributed by atoms with Gasteiger partial charge in [0.1, 0.15) is 18.1 Å². The summed E-state index contributed by atoms with van der Waals surface area (Å²) < 4.78 is 10.4. The highest BCUT2D eigenvalue weighted by atomic mass is 16.5. The number of aliphatic hydroxyl groups is 1. The Morgan fingerprint density at radius 3 is 2.41 bits per heavy atom. The second-order valence-electron chi connectivity index (χ2n) is 6.23. The largest absolute Gasteiger partial charge is 0.383 e. The number of rotatable bonds is 7. The lowest BCUT2D eigenvalue weighted by Gasteiger charge is -2.31. The van der Waals surface area contributed by atoms with Crippen LogP contribution in [-0.2, 0) is 16.1 Å². The Labute approximate surface area is 156 Å². The van der Waals surface area contributed by atoms with E-state index in [2.05, 4.69) is 5.16 Å². The van der Waals surface area contributed by atoms with Crippen molar-refractivity contribution < 1.29 is 24.4 Å². The third kappa shape index (κ3) is 4.06. The average molecular weight is 368 g/mol. The fraction of sp³-hybridized carbons (Fsp3) is 0.200. The highest BCUT2D eigenvalue weighted by Crippen LogP contribution is 2.30. The molecule has 27 heavy (non-hydrogen) atoms. The molecule has 1 aromatic heterocycles. The molecular weight excluding hydrogens is 348 g/mol. The van der Waals surface area contributed by atoms with Crippen LogP contribution in [0.5, 0.6) is 0 Å². The van der Waals surface area contributed by atoms with Crippen LogP contribution in [0.2, 0.25) is 0 Å². The van der Waals surface area contributed by atoms with Gasteiger partial charge in [-0.05, 0) is 23.6 Å². The van der Waals surface area contributed by atoms with Crippen molar-refractivity contribution in [1.29, 1.82) is 0 Å². The van der Waals surface area contributed by atoms with Gasteiger partial charge >= 0.3 is 0 Å². The van der Waals surface area contributed by atoms with Crippen LogP contribution in [0.1, 0.15) is 24.3 Å². The molecule has 0 aliphatic rings. The molecule has 1 amide bonds. The number of carbonyl (C=O) groups excluding carboxylic acids is 1. The fourth-order valence-corrected chi connectivity index (χ4v) is 2.68. The number of hydrogen-bond donors (Lipinski definition) is 3. The van der Waals surface area contributed by atoms with E-state index in [4.69, 9.17) is 14.5 Å². The molecule has 0 aliphatic heterocycles. The monoisotopic (exact) mass is 368 g/mol. The van der Waals surface area contributed by atoms with E-state index in [1.54, 1.807) is 0 Å². The maximum absolute atomic E-state index is 12.1. The molecular formula is C20H20N2O5. The first-order valence-electron chi connectivity index (χ1n) is 8.36.